The van der Waals surface area contributed by atoms with E-state index in [4.69, 9.17) is 0 Å². The molecule has 0 aromatic carbocycles. The minimum atomic E-state index is 0.285. The fraction of sp³-hybridized carbons (Fsp3) is 0.417. The van der Waals surface area contributed by atoms with Crippen LogP contribution in [0.4, 0.5) is 0 Å². The Labute approximate surface area is 98.9 Å². The van der Waals surface area contributed by atoms with Gasteiger partial charge < -0.3 is 10.3 Å². The molecule has 0 saturated carbocycles. The molecule has 0 unspecified atom stereocenters. The van der Waals surface area contributed by atoms with E-state index < -0.39 is 0 Å². The third-order valence-electron chi connectivity index (χ3n) is 3.22. The van der Waals surface area contributed by atoms with E-state index in [9.17, 15) is 0 Å². The summed E-state index contributed by atoms with van der Waals surface area (Å²) < 4.78 is 0. The van der Waals surface area contributed by atoms with Gasteiger partial charge in [-0.15, -0.1) is 11.3 Å². The summed E-state index contributed by atoms with van der Waals surface area (Å²) >= 11 is 1.87. The summed E-state index contributed by atoms with van der Waals surface area (Å²) in [4.78, 5) is 10.5. The number of aryl methyl sites for hydroxylation is 2. The lowest BCUT2D eigenvalue weighted by atomic mass is 10.0. The van der Waals surface area contributed by atoms with E-state index in [-0.39, 0.29) is 6.04 Å². The number of nitrogens with zero attached hydrogens (tertiary/aromatic N) is 1. The van der Waals surface area contributed by atoms with Gasteiger partial charge in [-0.25, -0.2) is 4.98 Å². The predicted octanol–water partition coefficient (Wildman–Crippen LogP) is 2.32. The zero-order chi connectivity index (χ0) is 11.1. The van der Waals surface area contributed by atoms with Crippen molar-refractivity contribution in [3.63, 3.8) is 0 Å². The first kappa shape index (κ1) is 10.1. The van der Waals surface area contributed by atoms with Crippen LogP contribution in [0, 0.1) is 13.8 Å². The number of hydrogen-bond acceptors (Lipinski definition) is 3. The molecule has 84 valence electrons. The highest BCUT2D eigenvalue weighted by Crippen LogP contribution is 2.32. The number of fused-ring (bicyclic) bond motifs is 1. The number of nitrogens with one attached hydrogen (secondary N) is 2. The van der Waals surface area contributed by atoms with Crippen molar-refractivity contribution in [2.75, 3.05) is 6.54 Å². The molecule has 2 aromatic heterocycles. The number of aromatic nitrogens is 2. The molecule has 3 heterocycles. The largest absolute Gasteiger partial charge is 0.348 e. The molecule has 0 spiro atoms. The van der Waals surface area contributed by atoms with Crippen LogP contribution in [0.1, 0.15) is 32.7 Å². The highest BCUT2D eigenvalue weighted by molar-refractivity contribution is 7.12. The van der Waals surface area contributed by atoms with E-state index in [2.05, 4.69) is 35.2 Å². The highest BCUT2D eigenvalue weighted by Gasteiger charge is 2.25. The van der Waals surface area contributed by atoms with Crippen molar-refractivity contribution in [1.82, 2.24) is 15.3 Å². The van der Waals surface area contributed by atoms with E-state index >= 15 is 0 Å². The van der Waals surface area contributed by atoms with Crippen LogP contribution in [0.3, 0.4) is 0 Å². The Morgan fingerprint density at radius 3 is 3.06 bits per heavy atom. The van der Waals surface area contributed by atoms with Crippen LogP contribution in [0.2, 0.25) is 0 Å². The van der Waals surface area contributed by atoms with E-state index in [0.717, 1.165) is 13.0 Å². The minimum absolute atomic E-state index is 0.285. The smallest absolute Gasteiger partial charge is 0.0926 e. The molecule has 0 fully saturated rings. The Hall–Kier alpha value is -1.13. The van der Waals surface area contributed by atoms with Crippen LogP contribution in [0.15, 0.2) is 12.4 Å². The zero-order valence-corrected chi connectivity index (χ0v) is 10.3. The maximum Gasteiger partial charge on any atom is 0.0926 e. The Bertz CT molecular complexity index is 493. The lowest BCUT2D eigenvalue weighted by molar-refractivity contribution is 0.560. The number of H-pyrrole nitrogens is 1. The summed E-state index contributed by atoms with van der Waals surface area (Å²) in [6, 6.07) is 2.56. The summed E-state index contributed by atoms with van der Waals surface area (Å²) in [5, 5.41) is 3.55. The van der Waals surface area contributed by atoms with Crippen LogP contribution in [-0.2, 0) is 6.42 Å². The summed E-state index contributed by atoms with van der Waals surface area (Å²) in [5.41, 5.74) is 3.84. The number of rotatable bonds is 1. The van der Waals surface area contributed by atoms with Crippen molar-refractivity contribution in [3.05, 3.63) is 39.1 Å². The van der Waals surface area contributed by atoms with Gasteiger partial charge in [-0.3, -0.25) is 0 Å². The molecule has 0 amide bonds. The van der Waals surface area contributed by atoms with E-state index in [0.29, 0.717) is 0 Å². The second-order valence-corrected chi connectivity index (χ2v) is 5.58. The van der Waals surface area contributed by atoms with Crippen LogP contribution in [-0.4, -0.2) is 16.5 Å². The molecule has 1 atom stereocenters. The van der Waals surface area contributed by atoms with Crippen molar-refractivity contribution >= 4 is 11.3 Å². The number of aromatic amines is 1. The van der Waals surface area contributed by atoms with Crippen molar-refractivity contribution in [3.8, 4) is 0 Å². The Morgan fingerprint density at radius 1 is 1.44 bits per heavy atom. The Balaban J connectivity index is 2.03. The molecule has 3 rings (SSSR count). The van der Waals surface area contributed by atoms with Crippen LogP contribution in [0.25, 0.3) is 0 Å². The fourth-order valence-corrected chi connectivity index (χ4v) is 3.32. The molecule has 3 nitrogen and oxygen atoms in total. The van der Waals surface area contributed by atoms with Crippen molar-refractivity contribution < 1.29 is 0 Å². The van der Waals surface area contributed by atoms with E-state index in [1.54, 1.807) is 6.33 Å². The molecule has 0 aliphatic carbocycles. The maximum atomic E-state index is 4.44. The molecule has 1 aliphatic rings. The number of thiophene rings is 1. The Kier molecular flexibility index (Phi) is 2.33. The highest BCUT2D eigenvalue weighted by atomic mass is 32.1. The predicted molar refractivity (Wildman–Crippen MR) is 65.9 cm³/mol. The van der Waals surface area contributed by atoms with Gasteiger partial charge in [0, 0.05) is 28.4 Å². The summed E-state index contributed by atoms with van der Waals surface area (Å²) in [5.74, 6) is 0. The molecule has 2 aromatic rings. The summed E-state index contributed by atoms with van der Waals surface area (Å²) in [6.45, 7) is 5.37. The molecule has 2 N–H and O–H groups in total. The second-order valence-electron chi connectivity index (χ2n) is 4.29. The van der Waals surface area contributed by atoms with Gasteiger partial charge >= 0.3 is 0 Å². The maximum absolute atomic E-state index is 4.44. The normalized spacial score (nSPS) is 19.8. The second kappa shape index (κ2) is 3.71. The molecular weight excluding hydrogens is 218 g/mol. The minimum Gasteiger partial charge on any atom is -0.348 e. The zero-order valence-electron chi connectivity index (χ0n) is 9.50. The van der Waals surface area contributed by atoms with Crippen molar-refractivity contribution in [2.24, 2.45) is 0 Å². The van der Waals surface area contributed by atoms with Crippen molar-refractivity contribution in [1.29, 1.82) is 0 Å². The summed E-state index contributed by atoms with van der Waals surface area (Å²) in [7, 11) is 0. The van der Waals surface area contributed by atoms with Crippen LogP contribution >= 0.6 is 11.3 Å². The topological polar surface area (TPSA) is 40.7 Å². The van der Waals surface area contributed by atoms with Gasteiger partial charge in [0.2, 0.25) is 0 Å². The molecule has 0 saturated heterocycles. The lowest BCUT2D eigenvalue weighted by Gasteiger charge is -2.21. The molecule has 16 heavy (non-hydrogen) atoms. The fourth-order valence-electron chi connectivity index (χ4n) is 2.20. The van der Waals surface area contributed by atoms with Gasteiger partial charge in [0.25, 0.3) is 0 Å². The first-order valence-corrected chi connectivity index (χ1v) is 6.40. The quantitative estimate of drug-likeness (QED) is 0.793. The number of imidazole rings is 1. The molecule has 0 bridgehead atoms. The average Bonchev–Trinajstić information content (AvgIpc) is 2.85. The standard InChI is InChI=1S/C12H15N3S/c1-7-5-10(16-8(7)2)12-11-9(3-4-13-12)14-6-15-11/h5-6,12-13H,3-4H2,1-2H3,(H,14,15)/t12-/m0/s1. The SMILES string of the molecule is Cc1cc([C@@H]2NCCc3[nH]cnc32)sc1C. The van der Waals surface area contributed by atoms with Gasteiger partial charge in [0.15, 0.2) is 0 Å². The van der Waals surface area contributed by atoms with Gasteiger partial charge in [0.05, 0.1) is 18.1 Å². The van der Waals surface area contributed by atoms with Gasteiger partial charge in [-0.2, -0.15) is 0 Å². The van der Waals surface area contributed by atoms with Crippen LogP contribution in [0.5, 0.6) is 0 Å². The molecular formula is C12H15N3S. The lowest BCUT2D eigenvalue weighted by Crippen LogP contribution is -2.30. The molecule has 4 heteroatoms. The van der Waals surface area contributed by atoms with E-state index in [1.165, 1.54) is 26.7 Å². The first-order valence-electron chi connectivity index (χ1n) is 5.58. The third kappa shape index (κ3) is 1.49. The molecule has 1 aliphatic heterocycles. The third-order valence-corrected chi connectivity index (χ3v) is 4.44. The Morgan fingerprint density at radius 2 is 2.31 bits per heavy atom. The monoisotopic (exact) mass is 233 g/mol. The van der Waals surface area contributed by atoms with Gasteiger partial charge in [-0.1, -0.05) is 0 Å². The van der Waals surface area contributed by atoms with Crippen LogP contribution < -0.4 is 5.32 Å². The van der Waals surface area contributed by atoms with Gasteiger partial charge in [-0.05, 0) is 25.5 Å². The average molecular weight is 233 g/mol. The van der Waals surface area contributed by atoms with E-state index in [1.807, 2.05) is 11.3 Å². The number of hydrogen-bond donors (Lipinski definition) is 2. The van der Waals surface area contributed by atoms with Crippen molar-refractivity contribution in [2.45, 2.75) is 26.3 Å². The molecule has 0 radical (unpaired) electrons. The van der Waals surface area contributed by atoms with Gasteiger partial charge in [0.1, 0.15) is 0 Å². The first-order chi connectivity index (χ1) is 7.75. The summed E-state index contributed by atoms with van der Waals surface area (Å²) in [6.07, 6.45) is 2.85.